The number of nitrogens with zero attached hydrogens (tertiary/aromatic N) is 1. The van der Waals surface area contributed by atoms with E-state index in [1.807, 2.05) is 30.3 Å². The molecule has 0 aliphatic carbocycles. The highest BCUT2D eigenvalue weighted by atomic mass is 32.1. The van der Waals surface area contributed by atoms with Crippen molar-refractivity contribution in [1.82, 2.24) is 4.90 Å². The van der Waals surface area contributed by atoms with Gasteiger partial charge < -0.3 is 4.74 Å². The van der Waals surface area contributed by atoms with Crippen LogP contribution in [-0.4, -0.2) is 21.7 Å². The third kappa shape index (κ3) is 4.52. The molecule has 1 aromatic rings. The molecule has 0 heterocycles. The lowest BCUT2D eigenvalue weighted by atomic mass is 10.2. The molecule has 0 aliphatic heterocycles. The minimum atomic E-state index is -0.404. The van der Waals surface area contributed by atoms with Crippen LogP contribution in [0.3, 0.4) is 0 Å². The molecule has 1 aromatic carbocycles. The van der Waals surface area contributed by atoms with Gasteiger partial charge in [-0.25, -0.2) is 4.79 Å². The SMILES string of the molecule is CC(S)N(C(=O)OCc1ccccc1)C(C)S. The largest absolute Gasteiger partial charge is 0.444 e. The summed E-state index contributed by atoms with van der Waals surface area (Å²) in [7, 11) is 0. The van der Waals surface area contributed by atoms with Crippen LogP contribution in [0.15, 0.2) is 30.3 Å². The smallest absolute Gasteiger partial charge is 0.411 e. The average Bonchev–Trinajstić information content (AvgIpc) is 2.27. The van der Waals surface area contributed by atoms with Gasteiger partial charge in [-0.15, -0.1) is 0 Å². The lowest BCUT2D eigenvalue weighted by molar-refractivity contribution is 0.0929. The zero-order chi connectivity index (χ0) is 12.8. The molecule has 2 unspecified atom stereocenters. The second kappa shape index (κ2) is 6.81. The first-order valence-electron chi connectivity index (χ1n) is 5.37. The van der Waals surface area contributed by atoms with E-state index in [0.29, 0.717) is 0 Å². The van der Waals surface area contributed by atoms with Crippen molar-refractivity contribution in [2.75, 3.05) is 0 Å². The molecule has 0 N–H and O–H groups in total. The number of thiol groups is 2. The van der Waals surface area contributed by atoms with Gasteiger partial charge in [0.15, 0.2) is 0 Å². The predicted molar refractivity (Wildman–Crippen MR) is 75.4 cm³/mol. The van der Waals surface area contributed by atoms with Crippen molar-refractivity contribution >= 4 is 31.4 Å². The number of carbonyl (C=O) groups is 1. The number of benzene rings is 1. The van der Waals surface area contributed by atoms with Gasteiger partial charge >= 0.3 is 6.09 Å². The predicted octanol–water partition coefficient (Wildman–Crippen LogP) is 3.18. The second-order valence-corrected chi connectivity index (χ2v) is 5.21. The van der Waals surface area contributed by atoms with Crippen LogP contribution in [-0.2, 0) is 11.3 Å². The Labute approximate surface area is 113 Å². The summed E-state index contributed by atoms with van der Waals surface area (Å²) in [5.74, 6) is 0. The van der Waals surface area contributed by atoms with Crippen molar-refractivity contribution in [2.45, 2.75) is 31.2 Å². The fraction of sp³-hybridized carbons (Fsp3) is 0.417. The van der Waals surface area contributed by atoms with Crippen LogP contribution >= 0.6 is 25.3 Å². The fourth-order valence-corrected chi connectivity index (χ4v) is 2.10. The van der Waals surface area contributed by atoms with Gasteiger partial charge in [0.05, 0.1) is 10.7 Å². The summed E-state index contributed by atoms with van der Waals surface area (Å²) in [5, 5.41) is -0.462. The van der Waals surface area contributed by atoms with E-state index in [9.17, 15) is 4.79 Å². The van der Waals surface area contributed by atoms with E-state index >= 15 is 0 Å². The van der Waals surface area contributed by atoms with Crippen molar-refractivity contribution in [2.24, 2.45) is 0 Å². The van der Waals surface area contributed by atoms with Gasteiger partial charge in [-0.3, -0.25) is 4.90 Å². The standard InChI is InChI=1S/C12H17NO2S2/c1-9(16)13(10(2)17)12(14)15-8-11-6-4-3-5-7-11/h3-7,9-10,16-17H,8H2,1-2H3. The Balaban J connectivity index is 2.54. The number of amides is 1. The molecule has 0 bridgehead atoms. The zero-order valence-corrected chi connectivity index (χ0v) is 11.7. The summed E-state index contributed by atoms with van der Waals surface area (Å²) in [4.78, 5) is 13.3. The normalized spacial score (nSPS) is 13.9. The van der Waals surface area contributed by atoms with Crippen LogP contribution in [0.1, 0.15) is 19.4 Å². The molecule has 1 amide bonds. The molecule has 0 aliphatic rings. The maximum absolute atomic E-state index is 11.8. The first-order valence-corrected chi connectivity index (χ1v) is 6.41. The summed E-state index contributed by atoms with van der Waals surface area (Å²) in [6, 6.07) is 9.55. The third-order valence-corrected chi connectivity index (χ3v) is 2.72. The molecular formula is C12H17NO2S2. The van der Waals surface area contributed by atoms with Gasteiger partial charge in [0.1, 0.15) is 6.61 Å². The maximum Gasteiger partial charge on any atom is 0.411 e. The second-order valence-electron chi connectivity index (χ2n) is 3.71. The molecule has 0 fully saturated rings. The first-order chi connectivity index (χ1) is 8.02. The lowest BCUT2D eigenvalue weighted by Crippen LogP contribution is -2.40. The molecule has 1 rings (SSSR count). The summed E-state index contributed by atoms with van der Waals surface area (Å²) in [5.41, 5.74) is 0.958. The molecule has 5 heteroatoms. The quantitative estimate of drug-likeness (QED) is 0.650. The highest BCUT2D eigenvalue weighted by Gasteiger charge is 2.22. The Morgan fingerprint density at radius 2 is 1.76 bits per heavy atom. The van der Waals surface area contributed by atoms with Crippen LogP contribution in [0.2, 0.25) is 0 Å². The van der Waals surface area contributed by atoms with Crippen LogP contribution in [0.25, 0.3) is 0 Å². The minimum Gasteiger partial charge on any atom is -0.444 e. The summed E-state index contributed by atoms with van der Waals surface area (Å²) in [6.45, 7) is 3.87. The molecular weight excluding hydrogens is 254 g/mol. The van der Waals surface area contributed by atoms with Crippen molar-refractivity contribution in [1.29, 1.82) is 0 Å². The van der Waals surface area contributed by atoms with Crippen LogP contribution in [0.4, 0.5) is 4.79 Å². The molecule has 0 saturated heterocycles. The molecule has 94 valence electrons. The van der Waals surface area contributed by atoms with Crippen molar-refractivity contribution in [3.63, 3.8) is 0 Å². The van der Waals surface area contributed by atoms with Gasteiger partial charge in [-0.1, -0.05) is 30.3 Å². The maximum atomic E-state index is 11.8. The van der Waals surface area contributed by atoms with E-state index in [1.165, 1.54) is 4.90 Å². The van der Waals surface area contributed by atoms with Crippen LogP contribution in [0, 0.1) is 0 Å². The molecule has 0 saturated carbocycles. The summed E-state index contributed by atoms with van der Waals surface area (Å²) >= 11 is 8.46. The van der Waals surface area contributed by atoms with E-state index in [4.69, 9.17) is 4.74 Å². The van der Waals surface area contributed by atoms with Crippen LogP contribution < -0.4 is 0 Å². The number of hydrogen-bond donors (Lipinski definition) is 2. The van der Waals surface area contributed by atoms with Crippen LogP contribution in [0.5, 0.6) is 0 Å². The molecule has 0 aromatic heterocycles. The van der Waals surface area contributed by atoms with E-state index in [0.717, 1.165) is 5.56 Å². The number of hydrogen-bond acceptors (Lipinski definition) is 4. The van der Waals surface area contributed by atoms with Gasteiger partial charge in [0.2, 0.25) is 0 Å². The Kier molecular flexibility index (Phi) is 5.71. The van der Waals surface area contributed by atoms with Gasteiger partial charge in [-0.05, 0) is 19.4 Å². The topological polar surface area (TPSA) is 29.5 Å². The fourth-order valence-electron chi connectivity index (χ4n) is 1.41. The number of rotatable bonds is 4. The number of carbonyl (C=O) groups excluding carboxylic acids is 1. The van der Waals surface area contributed by atoms with E-state index in [-0.39, 0.29) is 17.4 Å². The highest BCUT2D eigenvalue weighted by molar-refractivity contribution is 7.81. The van der Waals surface area contributed by atoms with E-state index in [1.54, 1.807) is 13.8 Å². The monoisotopic (exact) mass is 271 g/mol. The van der Waals surface area contributed by atoms with Gasteiger partial charge in [-0.2, -0.15) is 25.3 Å². The lowest BCUT2D eigenvalue weighted by Gasteiger charge is -2.28. The first kappa shape index (κ1) is 14.3. The molecule has 0 radical (unpaired) electrons. The van der Waals surface area contributed by atoms with Crippen molar-refractivity contribution < 1.29 is 9.53 Å². The Morgan fingerprint density at radius 1 is 1.24 bits per heavy atom. The molecule has 3 nitrogen and oxygen atoms in total. The zero-order valence-electron chi connectivity index (χ0n) is 9.91. The van der Waals surface area contributed by atoms with Crippen molar-refractivity contribution in [3.05, 3.63) is 35.9 Å². The van der Waals surface area contributed by atoms with Gasteiger partial charge in [0, 0.05) is 0 Å². The molecule has 2 atom stereocenters. The Hall–Kier alpha value is -0.810. The minimum absolute atomic E-state index is 0.231. The molecule has 0 spiro atoms. The number of ether oxygens (including phenoxy) is 1. The summed E-state index contributed by atoms with van der Waals surface area (Å²) < 4.78 is 5.20. The van der Waals surface area contributed by atoms with Gasteiger partial charge in [0.25, 0.3) is 0 Å². The Bertz CT molecular complexity index is 347. The van der Waals surface area contributed by atoms with E-state index < -0.39 is 6.09 Å². The highest BCUT2D eigenvalue weighted by Crippen LogP contribution is 2.14. The average molecular weight is 271 g/mol. The Morgan fingerprint density at radius 3 is 2.24 bits per heavy atom. The third-order valence-electron chi connectivity index (χ3n) is 2.22. The molecule has 17 heavy (non-hydrogen) atoms. The summed E-state index contributed by atoms with van der Waals surface area (Å²) in [6.07, 6.45) is -0.404. The van der Waals surface area contributed by atoms with E-state index in [2.05, 4.69) is 25.3 Å². The van der Waals surface area contributed by atoms with Crippen molar-refractivity contribution in [3.8, 4) is 0 Å².